The molecule has 1 N–H and O–H groups in total. The lowest BCUT2D eigenvalue weighted by molar-refractivity contribution is 0.133. The minimum Gasteiger partial charge on any atom is -0.380 e. The highest BCUT2D eigenvalue weighted by Crippen LogP contribution is 1.86. The Morgan fingerprint density at radius 1 is 1.16 bits per heavy atom. The van der Waals surface area contributed by atoms with Crippen molar-refractivity contribution >= 4 is 0 Å². The maximum Gasteiger partial charge on any atom is 0.316 e. The Kier molecular flexibility index (Phi) is 7.14. The van der Waals surface area contributed by atoms with Gasteiger partial charge in [-0.3, -0.25) is 9.59 Å². The van der Waals surface area contributed by atoms with Crippen molar-refractivity contribution in [1.82, 2.24) is 14.5 Å². The second-order valence-corrected chi connectivity index (χ2v) is 4.43. The summed E-state index contributed by atoms with van der Waals surface area (Å²) in [5.41, 5.74) is -0.976. The molecule has 0 bridgehead atoms. The number of ether oxygens (including phenoxy) is 1. The van der Waals surface area contributed by atoms with Crippen molar-refractivity contribution in [1.29, 1.82) is 0 Å². The Bertz CT molecular complexity index is 479. The van der Waals surface area contributed by atoms with Gasteiger partial charge in [-0.05, 0) is 6.42 Å². The van der Waals surface area contributed by atoms with E-state index in [0.29, 0.717) is 19.7 Å². The molecule has 6 heteroatoms. The molecule has 0 unspecified atom stereocenters. The summed E-state index contributed by atoms with van der Waals surface area (Å²) in [6.45, 7) is 5.48. The Balaban J connectivity index is 2.22. The molecule has 1 aromatic heterocycles. The van der Waals surface area contributed by atoms with Crippen molar-refractivity contribution in [3.8, 4) is 0 Å². The van der Waals surface area contributed by atoms with Gasteiger partial charge in [0.05, 0.1) is 6.61 Å². The lowest BCUT2D eigenvalue weighted by Gasteiger charge is -2.08. The van der Waals surface area contributed by atoms with E-state index in [1.54, 1.807) is 19.4 Å². The molecule has 1 rings (SSSR count). The van der Waals surface area contributed by atoms with Gasteiger partial charge in [0, 0.05) is 45.7 Å². The van der Waals surface area contributed by atoms with Gasteiger partial charge in [-0.25, -0.2) is 0 Å². The first kappa shape index (κ1) is 15.7. The molecule has 0 amide bonds. The third kappa shape index (κ3) is 5.40. The quantitative estimate of drug-likeness (QED) is 0.504. The average molecular weight is 269 g/mol. The van der Waals surface area contributed by atoms with Crippen LogP contribution in [0.3, 0.4) is 0 Å². The lowest BCUT2D eigenvalue weighted by Crippen LogP contribution is -2.41. The van der Waals surface area contributed by atoms with Gasteiger partial charge >= 0.3 is 11.1 Å². The van der Waals surface area contributed by atoms with E-state index in [2.05, 4.69) is 12.2 Å². The SMILES string of the molecule is CCCCOCCNCCn1ccn(C)c(=O)c1=O. The van der Waals surface area contributed by atoms with Gasteiger partial charge < -0.3 is 19.2 Å². The molecular formula is C13H23N3O3. The van der Waals surface area contributed by atoms with Crippen LogP contribution in [0.15, 0.2) is 22.0 Å². The van der Waals surface area contributed by atoms with Gasteiger partial charge in [-0.1, -0.05) is 13.3 Å². The standard InChI is InChI=1S/C13H23N3O3/c1-3-4-10-19-11-6-14-5-7-16-9-8-15(2)12(17)13(16)18/h8-9,14H,3-7,10-11H2,1-2H3. The van der Waals surface area contributed by atoms with Crippen LogP contribution in [0.4, 0.5) is 0 Å². The molecule has 19 heavy (non-hydrogen) atoms. The fourth-order valence-electron chi connectivity index (χ4n) is 1.58. The largest absolute Gasteiger partial charge is 0.380 e. The average Bonchev–Trinajstić information content (AvgIpc) is 2.41. The fourth-order valence-corrected chi connectivity index (χ4v) is 1.58. The molecule has 1 heterocycles. The number of hydrogen-bond acceptors (Lipinski definition) is 4. The first-order valence-electron chi connectivity index (χ1n) is 6.71. The molecule has 108 valence electrons. The summed E-state index contributed by atoms with van der Waals surface area (Å²) in [7, 11) is 1.57. The number of aromatic nitrogens is 2. The van der Waals surface area contributed by atoms with Crippen LogP contribution in [0.25, 0.3) is 0 Å². The van der Waals surface area contributed by atoms with Crippen LogP contribution in [0.1, 0.15) is 19.8 Å². The number of unbranched alkanes of at least 4 members (excludes halogenated alkanes) is 1. The third-order valence-electron chi connectivity index (χ3n) is 2.83. The van der Waals surface area contributed by atoms with E-state index in [0.717, 1.165) is 26.0 Å². The van der Waals surface area contributed by atoms with Gasteiger partial charge in [-0.15, -0.1) is 0 Å². The number of rotatable bonds is 9. The highest BCUT2D eigenvalue weighted by atomic mass is 16.5. The smallest absolute Gasteiger partial charge is 0.316 e. The Morgan fingerprint density at radius 3 is 2.68 bits per heavy atom. The molecule has 1 aromatic rings. The zero-order valence-electron chi connectivity index (χ0n) is 11.7. The molecule has 0 saturated heterocycles. The van der Waals surface area contributed by atoms with E-state index in [4.69, 9.17) is 4.74 Å². The lowest BCUT2D eigenvalue weighted by atomic mass is 10.4. The molecule has 0 aliphatic rings. The van der Waals surface area contributed by atoms with E-state index >= 15 is 0 Å². The molecule has 0 aliphatic heterocycles. The second-order valence-electron chi connectivity index (χ2n) is 4.43. The van der Waals surface area contributed by atoms with Crippen molar-refractivity contribution < 1.29 is 4.74 Å². The topological polar surface area (TPSA) is 65.3 Å². The number of nitrogens with one attached hydrogen (secondary N) is 1. The van der Waals surface area contributed by atoms with Crippen molar-refractivity contribution in [3.63, 3.8) is 0 Å². The van der Waals surface area contributed by atoms with Crippen LogP contribution in [0.2, 0.25) is 0 Å². The van der Waals surface area contributed by atoms with Crippen molar-refractivity contribution in [2.24, 2.45) is 7.05 Å². The summed E-state index contributed by atoms with van der Waals surface area (Å²) in [6.07, 6.45) is 5.45. The monoisotopic (exact) mass is 269 g/mol. The maximum atomic E-state index is 11.6. The molecule has 0 fully saturated rings. The van der Waals surface area contributed by atoms with E-state index < -0.39 is 11.1 Å². The normalized spacial score (nSPS) is 10.8. The van der Waals surface area contributed by atoms with Crippen LogP contribution in [0.5, 0.6) is 0 Å². The van der Waals surface area contributed by atoms with Crippen molar-refractivity contribution in [2.45, 2.75) is 26.3 Å². The Labute approximate surface area is 113 Å². The van der Waals surface area contributed by atoms with E-state index in [1.165, 1.54) is 9.13 Å². The van der Waals surface area contributed by atoms with Crippen LogP contribution < -0.4 is 16.4 Å². The molecule has 6 nitrogen and oxygen atoms in total. The Hall–Kier alpha value is -1.40. The minimum atomic E-state index is -0.495. The van der Waals surface area contributed by atoms with E-state index in [1.807, 2.05) is 0 Å². The first-order chi connectivity index (χ1) is 9.16. The molecule has 0 aromatic carbocycles. The molecule has 0 atom stereocenters. The fraction of sp³-hybridized carbons (Fsp3) is 0.692. The van der Waals surface area contributed by atoms with Crippen LogP contribution in [0, 0.1) is 0 Å². The number of hydrogen-bond donors (Lipinski definition) is 1. The summed E-state index contributed by atoms with van der Waals surface area (Å²) in [5.74, 6) is 0. The van der Waals surface area contributed by atoms with E-state index in [9.17, 15) is 9.59 Å². The highest BCUT2D eigenvalue weighted by molar-refractivity contribution is 4.84. The summed E-state index contributed by atoms with van der Waals surface area (Å²) in [5, 5.41) is 3.18. The van der Waals surface area contributed by atoms with Gasteiger partial charge in [0.1, 0.15) is 0 Å². The number of aryl methyl sites for hydroxylation is 1. The van der Waals surface area contributed by atoms with Crippen LogP contribution in [-0.4, -0.2) is 35.4 Å². The molecular weight excluding hydrogens is 246 g/mol. The van der Waals surface area contributed by atoms with Gasteiger partial charge in [0.2, 0.25) is 0 Å². The van der Waals surface area contributed by atoms with Gasteiger partial charge in [0.15, 0.2) is 0 Å². The highest BCUT2D eigenvalue weighted by Gasteiger charge is 2.01. The predicted octanol–water partition coefficient (Wildman–Crippen LogP) is -0.0467. The van der Waals surface area contributed by atoms with Crippen molar-refractivity contribution in [3.05, 3.63) is 33.1 Å². The Morgan fingerprint density at radius 2 is 1.95 bits per heavy atom. The second kappa shape index (κ2) is 8.66. The van der Waals surface area contributed by atoms with Gasteiger partial charge in [0.25, 0.3) is 0 Å². The molecule has 0 spiro atoms. The van der Waals surface area contributed by atoms with E-state index in [-0.39, 0.29) is 0 Å². The minimum absolute atomic E-state index is 0.481. The van der Waals surface area contributed by atoms with Gasteiger partial charge in [-0.2, -0.15) is 0 Å². The predicted molar refractivity (Wildman–Crippen MR) is 74.5 cm³/mol. The zero-order chi connectivity index (χ0) is 14.1. The molecule has 0 aliphatic carbocycles. The summed E-state index contributed by atoms with van der Waals surface area (Å²) in [4.78, 5) is 23.0. The molecule has 0 saturated carbocycles. The third-order valence-corrected chi connectivity index (χ3v) is 2.83. The zero-order valence-corrected chi connectivity index (χ0v) is 11.7. The molecule has 0 radical (unpaired) electrons. The van der Waals surface area contributed by atoms with Crippen LogP contribution in [-0.2, 0) is 18.3 Å². The van der Waals surface area contributed by atoms with Crippen molar-refractivity contribution in [2.75, 3.05) is 26.3 Å². The number of nitrogens with zero attached hydrogens (tertiary/aromatic N) is 2. The first-order valence-corrected chi connectivity index (χ1v) is 6.71. The van der Waals surface area contributed by atoms with Crippen LogP contribution >= 0.6 is 0 Å². The summed E-state index contributed by atoms with van der Waals surface area (Å²) in [6, 6.07) is 0. The summed E-state index contributed by atoms with van der Waals surface area (Å²) >= 11 is 0. The summed E-state index contributed by atoms with van der Waals surface area (Å²) < 4.78 is 8.11. The maximum absolute atomic E-state index is 11.6.